The van der Waals surface area contributed by atoms with Gasteiger partial charge in [-0.05, 0) is 61.9 Å². The molecule has 4 rings (SSSR count). The van der Waals surface area contributed by atoms with Crippen LogP contribution in [0.1, 0.15) is 25.7 Å². The number of rotatable bonds is 7. The van der Waals surface area contributed by atoms with Gasteiger partial charge in [0.2, 0.25) is 17.6 Å². The van der Waals surface area contributed by atoms with E-state index in [0.717, 1.165) is 23.1 Å². The number of nitrogens with one attached hydrogen (secondary N) is 1. The molecule has 1 N–H and O–H groups in total. The van der Waals surface area contributed by atoms with Gasteiger partial charge < -0.3 is 14.4 Å². The minimum Gasteiger partial charge on any atom is -0.348 e. The zero-order valence-corrected chi connectivity index (χ0v) is 16.1. The van der Waals surface area contributed by atoms with Crippen molar-refractivity contribution in [1.82, 2.24) is 14.7 Å². The lowest BCUT2D eigenvalue weighted by Gasteiger charge is -2.06. The maximum absolute atomic E-state index is 13.0. The minimum atomic E-state index is -0.314. The van der Waals surface area contributed by atoms with E-state index in [4.69, 9.17) is 4.52 Å². The Hall–Kier alpha value is -3.48. The second-order valence-electron chi connectivity index (χ2n) is 6.80. The Balaban J connectivity index is 1.29. The molecule has 6 nitrogen and oxygen atoms in total. The van der Waals surface area contributed by atoms with Crippen LogP contribution in [0.5, 0.6) is 0 Å². The summed E-state index contributed by atoms with van der Waals surface area (Å²) in [4.78, 5) is 16.5. The first kappa shape index (κ1) is 18.9. The number of aromatic nitrogens is 3. The fourth-order valence-corrected chi connectivity index (χ4v) is 3.25. The monoisotopic (exact) mass is 392 g/mol. The summed E-state index contributed by atoms with van der Waals surface area (Å²) in [7, 11) is 0. The Kier molecular flexibility index (Phi) is 5.37. The SMILES string of the molecule is CCn1ccc2cc(NC(=O)CCCc3nc(-c4ccc(F)cc4)no3)ccc21. The Bertz CT molecular complexity index is 1130. The highest BCUT2D eigenvalue weighted by Gasteiger charge is 2.10. The van der Waals surface area contributed by atoms with Gasteiger partial charge in [-0.3, -0.25) is 4.79 Å². The van der Waals surface area contributed by atoms with Crippen LogP contribution in [0.25, 0.3) is 22.3 Å². The molecule has 0 saturated heterocycles. The van der Waals surface area contributed by atoms with E-state index in [-0.39, 0.29) is 11.7 Å². The molecule has 0 saturated carbocycles. The molecule has 4 aromatic rings. The van der Waals surface area contributed by atoms with Crippen molar-refractivity contribution in [2.45, 2.75) is 32.7 Å². The smallest absolute Gasteiger partial charge is 0.226 e. The maximum atomic E-state index is 13.0. The lowest BCUT2D eigenvalue weighted by Crippen LogP contribution is -2.11. The minimum absolute atomic E-state index is 0.0578. The fourth-order valence-electron chi connectivity index (χ4n) is 3.25. The largest absolute Gasteiger partial charge is 0.348 e. The van der Waals surface area contributed by atoms with Gasteiger partial charge in [0.05, 0.1) is 0 Å². The van der Waals surface area contributed by atoms with Crippen molar-refractivity contribution >= 4 is 22.5 Å². The summed E-state index contributed by atoms with van der Waals surface area (Å²) in [5.74, 6) is 0.499. The molecule has 2 heterocycles. The molecule has 29 heavy (non-hydrogen) atoms. The second-order valence-corrected chi connectivity index (χ2v) is 6.80. The van der Waals surface area contributed by atoms with Gasteiger partial charge in [0, 0.05) is 47.7 Å². The van der Waals surface area contributed by atoms with E-state index >= 15 is 0 Å². The number of carbonyl (C=O) groups excluding carboxylic acids is 1. The lowest BCUT2D eigenvalue weighted by molar-refractivity contribution is -0.116. The van der Waals surface area contributed by atoms with Gasteiger partial charge >= 0.3 is 0 Å². The number of nitrogens with zero attached hydrogens (tertiary/aromatic N) is 3. The molecule has 0 aliphatic carbocycles. The first-order valence-electron chi connectivity index (χ1n) is 9.59. The number of anilines is 1. The standard InChI is InChI=1S/C22H21FN4O2/c1-2-27-13-12-16-14-18(10-11-19(16)27)24-20(28)4-3-5-21-25-22(26-29-21)15-6-8-17(23)9-7-15/h6-14H,2-5H2,1H3,(H,24,28). The number of fused-ring (bicyclic) bond motifs is 1. The quantitative estimate of drug-likeness (QED) is 0.490. The van der Waals surface area contributed by atoms with Crippen LogP contribution in [0.15, 0.2) is 59.3 Å². The first-order valence-corrected chi connectivity index (χ1v) is 9.59. The summed E-state index contributed by atoms with van der Waals surface area (Å²) in [5.41, 5.74) is 2.62. The molecule has 7 heteroatoms. The van der Waals surface area contributed by atoms with E-state index in [2.05, 4.69) is 26.9 Å². The summed E-state index contributed by atoms with van der Waals surface area (Å²) >= 11 is 0. The molecule has 0 spiro atoms. The third-order valence-corrected chi connectivity index (χ3v) is 4.76. The Morgan fingerprint density at radius 2 is 2.00 bits per heavy atom. The number of carbonyl (C=O) groups is 1. The number of hydrogen-bond donors (Lipinski definition) is 1. The van der Waals surface area contributed by atoms with Crippen molar-refractivity contribution in [2.24, 2.45) is 0 Å². The van der Waals surface area contributed by atoms with Crippen LogP contribution < -0.4 is 5.32 Å². The van der Waals surface area contributed by atoms with Crippen molar-refractivity contribution in [3.8, 4) is 11.4 Å². The molecule has 0 aliphatic heterocycles. The van der Waals surface area contributed by atoms with Crippen LogP contribution in [0.2, 0.25) is 0 Å². The van der Waals surface area contributed by atoms with E-state index in [0.29, 0.717) is 36.5 Å². The lowest BCUT2D eigenvalue weighted by atomic mass is 10.2. The predicted octanol–water partition coefficient (Wildman–Crippen LogP) is 4.81. The van der Waals surface area contributed by atoms with Gasteiger partial charge in [0.25, 0.3) is 0 Å². The van der Waals surface area contributed by atoms with Crippen LogP contribution in [-0.2, 0) is 17.8 Å². The zero-order valence-electron chi connectivity index (χ0n) is 16.1. The number of benzene rings is 2. The van der Waals surface area contributed by atoms with Gasteiger partial charge in [-0.1, -0.05) is 5.16 Å². The fraction of sp³-hybridized carbons (Fsp3) is 0.227. The van der Waals surface area contributed by atoms with Gasteiger partial charge in [-0.15, -0.1) is 0 Å². The molecule has 0 fully saturated rings. The number of amides is 1. The summed E-state index contributed by atoms with van der Waals surface area (Å²) in [6.45, 7) is 3.01. The Labute approximate surface area is 167 Å². The highest BCUT2D eigenvalue weighted by atomic mass is 19.1. The third kappa shape index (κ3) is 4.34. The predicted molar refractivity (Wildman–Crippen MR) is 109 cm³/mol. The normalized spacial score (nSPS) is 11.1. The van der Waals surface area contributed by atoms with Crippen molar-refractivity contribution in [3.63, 3.8) is 0 Å². The summed E-state index contributed by atoms with van der Waals surface area (Å²) in [5, 5.41) is 7.94. The third-order valence-electron chi connectivity index (χ3n) is 4.76. The van der Waals surface area contributed by atoms with Gasteiger partial charge in [0.15, 0.2) is 0 Å². The van der Waals surface area contributed by atoms with Gasteiger partial charge in [0.1, 0.15) is 5.82 Å². The van der Waals surface area contributed by atoms with Crippen LogP contribution in [0.3, 0.4) is 0 Å². The molecule has 148 valence electrons. The van der Waals surface area contributed by atoms with E-state index in [1.807, 2.05) is 30.5 Å². The Morgan fingerprint density at radius 1 is 1.17 bits per heavy atom. The number of hydrogen-bond acceptors (Lipinski definition) is 4. The average molecular weight is 392 g/mol. The molecule has 2 aromatic heterocycles. The van der Waals surface area contributed by atoms with Crippen LogP contribution >= 0.6 is 0 Å². The highest BCUT2D eigenvalue weighted by Crippen LogP contribution is 2.21. The van der Waals surface area contributed by atoms with Crippen molar-refractivity contribution in [3.05, 3.63) is 66.4 Å². The molecule has 0 unspecified atom stereocenters. The van der Waals surface area contributed by atoms with Crippen molar-refractivity contribution < 1.29 is 13.7 Å². The molecule has 0 radical (unpaired) electrons. The molecule has 2 aromatic carbocycles. The van der Waals surface area contributed by atoms with E-state index < -0.39 is 0 Å². The van der Waals surface area contributed by atoms with E-state index in [1.54, 1.807) is 12.1 Å². The summed E-state index contributed by atoms with van der Waals surface area (Å²) < 4.78 is 20.4. The molecular formula is C22H21FN4O2. The van der Waals surface area contributed by atoms with Gasteiger partial charge in [-0.25, -0.2) is 4.39 Å². The second kappa shape index (κ2) is 8.26. The molecule has 0 bridgehead atoms. The maximum Gasteiger partial charge on any atom is 0.226 e. The molecular weight excluding hydrogens is 371 g/mol. The van der Waals surface area contributed by atoms with Gasteiger partial charge in [-0.2, -0.15) is 4.98 Å². The van der Waals surface area contributed by atoms with E-state index in [9.17, 15) is 9.18 Å². The van der Waals surface area contributed by atoms with Crippen LogP contribution in [0.4, 0.5) is 10.1 Å². The zero-order chi connectivity index (χ0) is 20.2. The van der Waals surface area contributed by atoms with Crippen molar-refractivity contribution in [2.75, 3.05) is 5.32 Å². The van der Waals surface area contributed by atoms with E-state index in [1.165, 1.54) is 12.1 Å². The van der Waals surface area contributed by atoms with Crippen LogP contribution in [-0.4, -0.2) is 20.6 Å². The Morgan fingerprint density at radius 3 is 2.79 bits per heavy atom. The molecule has 1 amide bonds. The number of halogens is 1. The highest BCUT2D eigenvalue weighted by molar-refractivity contribution is 5.93. The van der Waals surface area contributed by atoms with Crippen LogP contribution in [0, 0.1) is 5.82 Å². The summed E-state index contributed by atoms with van der Waals surface area (Å²) in [6.07, 6.45) is 3.48. The number of aryl methyl sites for hydroxylation is 2. The van der Waals surface area contributed by atoms with Crippen molar-refractivity contribution in [1.29, 1.82) is 0 Å². The molecule has 0 atom stereocenters. The first-order chi connectivity index (χ1) is 14.1. The topological polar surface area (TPSA) is 73.0 Å². The summed E-state index contributed by atoms with van der Waals surface area (Å²) in [6, 6.07) is 13.9. The molecule has 0 aliphatic rings. The average Bonchev–Trinajstić information content (AvgIpc) is 3.35.